The second-order valence-corrected chi connectivity index (χ2v) is 4.54. The zero-order valence-electron chi connectivity index (χ0n) is 10.9. The Balaban J connectivity index is 1.80. The molecule has 1 aromatic heterocycles. The third kappa shape index (κ3) is 2.59. The summed E-state index contributed by atoms with van der Waals surface area (Å²) >= 11 is 0. The molecule has 1 amide bonds. The van der Waals surface area contributed by atoms with Crippen molar-refractivity contribution in [3.05, 3.63) is 70.4 Å². The Bertz CT molecular complexity index is 822. The van der Waals surface area contributed by atoms with Crippen molar-refractivity contribution >= 4 is 28.2 Å². The number of benzene rings is 2. The van der Waals surface area contributed by atoms with Gasteiger partial charge in [-0.1, -0.05) is 0 Å². The van der Waals surface area contributed by atoms with Crippen LogP contribution in [0, 0.1) is 10.1 Å². The minimum Gasteiger partial charge on any atom is -0.361 e. The highest BCUT2D eigenvalue weighted by Crippen LogP contribution is 2.19. The lowest BCUT2D eigenvalue weighted by Crippen LogP contribution is -2.11. The van der Waals surface area contributed by atoms with Crippen LogP contribution in [-0.2, 0) is 0 Å². The van der Waals surface area contributed by atoms with Crippen molar-refractivity contribution < 1.29 is 9.72 Å². The predicted molar refractivity (Wildman–Crippen MR) is 79.3 cm³/mol. The Morgan fingerprint density at radius 3 is 2.57 bits per heavy atom. The van der Waals surface area contributed by atoms with Gasteiger partial charge in [0.05, 0.1) is 4.92 Å². The van der Waals surface area contributed by atoms with Gasteiger partial charge in [0.2, 0.25) is 0 Å². The number of amides is 1. The van der Waals surface area contributed by atoms with E-state index in [1.165, 1.54) is 24.3 Å². The van der Waals surface area contributed by atoms with Crippen molar-refractivity contribution in [2.45, 2.75) is 0 Å². The maximum Gasteiger partial charge on any atom is 0.269 e. The summed E-state index contributed by atoms with van der Waals surface area (Å²) in [6.07, 6.45) is 1.83. The third-order valence-electron chi connectivity index (χ3n) is 3.15. The predicted octanol–water partition coefficient (Wildman–Crippen LogP) is 3.33. The first-order valence-electron chi connectivity index (χ1n) is 6.26. The molecular weight excluding hydrogens is 270 g/mol. The summed E-state index contributed by atoms with van der Waals surface area (Å²) in [4.78, 5) is 25.2. The van der Waals surface area contributed by atoms with E-state index in [0.717, 1.165) is 10.9 Å². The SMILES string of the molecule is O=C(Nc1ccc2[nH]ccc2c1)c1ccc([N+](=O)[O-])cc1. The second kappa shape index (κ2) is 5.09. The molecule has 2 aromatic carbocycles. The highest BCUT2D eigenvalue weighted by atomic mass is 16.6. The summed E-state index contributed by atoms with van der Waals surface area (Å²) in [6.45, 7) is 0. The Morgan fingerprint density at radius 1 is 1.10 bits per heavy atom. The lowest BCUT2D eigenvalue weighted by Gasteiger charge is -2.05. The number of hydrogen-bond acceptors (Lipinski definition) is 3. The largest absolute Gasteiger partial charge is 0.361 e. The van der Waals surface area contributed by atoms with Crippen LogP contribution in [0.1, 0.15) is 10.4 Å². The van der Waals surface area contributed by atoms with Gasteiger partial charge in [-0.2, -0.15) is 0 Å². The quantitative estimate of drug-likeness (QED) is 0.570. The fourth-order valence-corrected chi connectivity index (χ4v) is 2.07. The molecule has 0 aliphatic carbocycles. The number of aromatic amines is 1. The van der Waals surface area contributed by atoms with Crippen LogP contribution >= 0.6 is 0 Å². The van der Waals surface area contributed by atoms with Crippen LogP contribution in [-0.4, -0.2) is 15.8 Å². The lowest BCUT2D eigenvalue weighted by atomic mass is 10.2. The maximum absolute atomic E-state index is 12.1. The first kappa shape index (κ1) is 12.9. The molecule has 0 unspecified atom stereocenters. The van der Waals surface area contributed by atoms with E-state index in [0.29, 0.717) is 11.3 Å². The number of rotatable bonds is 3. The number of carbonyl (C=O) groups is 1. The number of anilines is 1. The van der Waals surface area contributed by atoms with Crippen molar-refractivity contribution in [3.63, 3.8) is 0 Å². The standard InChI is InChI=1S/C15H11N3O3/c19-15(10-1-4-13(5-2-10)18(20)21)17-12-3-6-14-11(9-12)7-8-16-14/h1-9,16H,(H,17,19). The van der Waals surface area contributed by atoms with E-state index in [9.17, 15) is 14.9 Å². The van der Waals surface area contributed by atoms with Crippen LogP contribution in [0.2, 0.25) is 0 Å². The smallest absolute Gasteiger partial charge is 0.269 e. The van der Waals surface area contributed by atoms with Crippen molar-refractivity contribution in [1.29, 1.82) is 0 Å². The molecule has 104 valence electrons. The highest BCUT2D eigenvalue weighted by Gasteiger charge is 2.10. The van der Waals surface area contributed by atoms with Gasteiger partial charge in [0, 0.05) is 40.5 Å². The summed E-state index contributed by atoms with van der Waals surface area (Å²) < 4.78 is 0. The van der Waals surface area contributed by atoms with Crippen LogP contribution in [0.5, 0.6) is 0 Å². The molecule has 6 nitrogen and oxygen atoms in total. The van der Waals surface area contributed by atoms with E-state index < -0.39 is 4.92 Å². The first-order valence-corrected chi connectivity index (χ1v) is 6.26. The van der Waals surface area contributed by atoms with Gasteiger partial charge in [-0.15, -0.1) is 0 Å². The number of nitrogens with zero attached hydrogens (tertiary/aromatic N) is 1. The topological polar surface area (TPSA) is 88.0 Å². The molecule has 0 aliphatic heterocycles. The fourth-order valence-electron chi connectivity index (χ4n) is 2.07. The van der Waals surface area contributed by atoms with E-state index in [-0.39, 0.29) is 11.6 Å². The molecule has 0 fully saturated rings. The van der Waals surface area contributed by atoms with E-state index in [1.54, 1.807) is 6.07 Å². The summed E-state index contributed by atoms with van der Waals surface area (Å²) in [7, 11) is 0. The number of nitro benzene ring substituents is 1. The summed E-state index contributed by atoms with van der Waals surface area (Å²) in [5.74, 6) is -0.306. The number of fused-ring (bicyclic) bond motifs is 1. The molecule has 0 atom stereocenters. The molecular formula is C15H11N3O3. The second-order valence-electron chi connectivity index (χ2n) is 4.54. The van der Waals surface area contributed by atoms with E-state index in [4.69, 9.17) is 0 Å². The lowest BCUT2D eigenvalue weighted by molar-refractivity contribution is -0.384. The molecule has 2 N–H and O–H groups in total. The molecule has 3 rings (SSSR count). The summed E-state index contributed by atoms with van der Waals surface area (Å²) in [5.41, 5.74) is 1.99. The Kier molecular flexibility index (Phi) is 3.12. The summed E-state index contributed by atoms with van der Waals surface area (Å²) in [5, 5.41) is 14.3. The first-order chi connectivity index (χ1) is 10.1. The van der Waals surface area contributed by atoms with Gasteiger partial charge in [-0.3, -0.25) is 14.9 Å². The van der Waals surface area contributed by atoms with Crippen LogP contribution < -0.4 is 5.32 Å². The number of hydrogen-bond donors (Lipinski definition) is 2. The van der Waals surface area contributed by atoms with Gasteiger partial charge in [0.25, 0.3) is 11.6 Å². The molecule has 0 radical (unpaired) electrons. The van der Waals surface area contributed by atoms with Gasteiger partial charge in [-0.25, -0.2) is 0 Å². The monoisotopic (exact) mass is 281 g/mol. The van der Waals surface area contributed by atoms with Gasteiger partial charge in [0.15, 0.2) is 0 Å². The third-order valence-corrected chi connectivity index (χ3v) is 3.15. The molecule has 6 heteroatoms. The van der Waals surface area contributed by atoms with Crippen LogP contribution in [0.3, 0.4) is 0 Å². The minimum absolute atomic E-state index is 0.0414. The summed E-state index contributed by atoms with van der Waals surface area (Å²) in [6, 6.07) is 12.9. The number of carbonyl (C=O) groups excluding carboxylic acids is 1. The average Bonchev–Trinajstić information content (AvgIpc) is 2.95. The zero-order valence-corrected chi connectivity index (χ0v) is 10.9. The van der Waals surface area contributed by atoms with E-state index >= 15 is 0 Å². The maximum atomic E-state index is 12.1. The van der Waals surface area contributed by atoms with Crippen molar-refractivity contribution in [2.24, 2.45) is 0 Å². The molecule has 3 aromatic rings. The minimum atomic E-state index is -0.498. The molecule has 0 bridgehead atoms. The molecule has 0 aliphatic rings. The Labute approximate surface area is 119 Å². The van der Waals surface area contributed by atoms with Crippen molar-refractivity contribution in [2.75, 3.05) is 5.32 Å². The van der Waals surface area contributed by atoms with Gasteiger partial charge in [-0.05, 0) is 36.4 Å². The van der Waals surface area contributed by atoms with Crippen molar-refractivity contribution in [3.8, 4) is 0 Å². The van der Waals surface area contributed by atoms with E-state index in [2.05, 4.69) is 10.3 Å². The Hall–Kier alpha value is -3.15. The molecule has 1 heterocycles. The molecule has 0 saturated carbocycles. The number of nitrogens with one attached hydrogen (secondary N) is 2. The van der Waals surface area contributed by atoms with Gasteiger partial charge < -0.3 is 10.3 Å². The van der Waals surface area contributed by atoms with Crippen LogP contribution in [0.4, 0.5) is 11.4 Å². The van der Waals surface area contributed by atoms with Crippen LogP contribution in [0.15, 0.2) is 54.7 Å². The van der Waals surface area contributed by atoms with E-state index in [1.807, 2.05) is 24.4 Å². The number of aromatic nitrogens is 1. The fraction of sp³-hybridized carbons (Fsp3) is 0. The Morgan fingerprint density at radius 2 is 1.86 bits per heavy atom. The number of non-ortho nitro benzene ring substituents is 1. The molecule has 0 saturated heterocycles. The number of H-pyrrole nitrogens is 1. The van der Waals surface area contributed by atoms with Crippen LogP contribution in [0.25, 0.3) is 10.9 Å². The normalized spacial score (nSPS) is 10.5. The van der Waals surface area contributed by atoms with Crippen molar-refractivity contribution in [1.82, 2.24) is 4.98 Å². The average molecular weight is 281 g/mol. The zero-order chi connectivity index (χ0) is 14.8. The molecule has 21 heavy (non-hydrogen) atoms. The number of nitro groups is 1. The van der Waals surface area contributed by atoms with Gasteiger partial charge in [0.1, 0.15) is 0 Å². The molecule has 0 spiro atoms. The van der Waals surface area contributed by atoms with Gasteiger partial charge >= 0.3 is 0 Å². The highest BCUT2D eigenvalue weighted by molar-refractivity contribution is 6.05.